The Bertz CT molecular complexity index is 1830. The third-order valence-corrected chi connectivity index (χ3v) is 5.88. The SMILES string of the molecule is C=CC#N.Cl.O=C(O)c1c(C(=O)O)c2c(C(=O)O)ccc3c4cccc5cccc(c(c1C(=O)O)c23)c54. The summed E-state index contributed by atoms with van der Waals surface area (Å²) in [5.74, 6) is -6.58. The molecule has 0 fully saturated rings. The van der Waals surface area contributed by atoms with Gasteiger partial charge in [-0.25, -0.2) is 19.2 Å². The van der Waals surface area contributed by atoms with Gasteiger partial charge in [0.25, 0.3) is 0 Å². The number of allylic oxidation sites excluding steroid dienone is 1. The number of hydrogen-bond acceptors (Lipinski definition) is 5. The van der Waals surface area contributed by atoms with Gasteiger partial charge >= 0.3 is 23.9 Å². The van der Waals surface area contributed by atoms with Crippen molar-refractivity contribution in [1.29, 1.82) is 5.26 Å². The van der Waals surface area contributed by atoms with Gasteiger partial charge in [-0.1, -0.05) is 49.0 Å². The van der Waals surface area contributed by atoms with Crippen molar-refractivity contribution >= 4 is 79.4 Å². The van der Waals surface area contributed by atoms with Gasteiger partial charge in [0.05, 0.1) is 28.3 Å². The number of nitrogens with zero attached hydrogens (tertiary/aromatic N) is 1. The first kappa shape index (κ1) is 26.4. The fourth-order valence-electron chi connectivity index (χ4n) is 4.71. The Morgan fingerprint density at radius 2 is 1.14 bits per heavy atom. The number of aromatic carboxylic acids is 4. The smallest absolute Gasteiger partial charge is 0.337 e. The average molecular weight is 518 g/mol. The van der Waals surface area contributed by atoms with Crippen LogP contribution in [0.25, 0.3) is 43.1 Å². The summed E-state index contributed by atoms with van der Waals surface area (Å²) in [4.78, 5) is 48.7. The lowest BCUT2D eigenvalue weighted by atomic mass is 9.81. The Morgan fingerprint density at radius 3 is 1.62 bits per heavy atom. The number of carbonyl (C=O) groups is 4. The Balaban J connectivity index is 0.000000711. The second kappa shape index (κ2) is 9.81. The lowest BCUT2D eigenvalue weighted by molar-refractivity contribution is 0.0635. The molecule has 0 atom stereocenters. The molecular formula is C27H16ClNO8. The number of benzene rings is 5. The van der Waals surface area contributed by atoms with Crippen molar-refractivity contribution in [1.82, 2.24) is 0 Å². The largest absolute Gasteiger partial charge is 0.478 e. The number of rotatable bonds is 4. The number of nitriles is 1. The molecule has 4 N–H and O–H groups in total. The molecule has 0 spiro atoms. The van der Waals surface area contributed by atoms with E-state index in [0.29, 0.717) is 21.5 Å². The first-order chi connectivity index (χ1) is 17.1. The van der Waals surface area contributed by atoms with Crippen LogP contribution in [-0.2, 0) is 0 Å². The summed E-state index contributed by atoms with van der Waals surface area (Å²) in [6.07, 6.45) is 1.18. The van der Waals surface area contributed by atoms with E-state index in [0.717, 1.165) is 5.39 Å². The molecule has 0 aliphatic carbocycles. The molecule has 0 aromatic heterocycles. The topological polar surface area (TPSA) is 173 Å². The fraction of sp³-hybridized carbons (Fsp3) is 0. The zero-order valence-electron chi connectivity index (χ0n) is 18.7. The molecule has 10 heteroatoms. The van der Waals surface area contributed by atoms with E-state index in [1.165, 1.54) is 18.2 Å². The molecule has 0 aliphatic heterocycles. The third-order valence-electron chi connectivity index (χ3n) is 5.88. The summed E-state index contributed by atoms with van der Waals surface area (Å²) < 4.78 is 0. The predicted molar refractivity (Wildman–Crippen MR) is 139 cm³/mol. The molecule has 5 aromatic rings. The van der Waals surface area contributed by atoms with Gasteiger partial charge in [0, 0.05) is 22.2 Å². The molecule has 9 nitrogen and oxygen atoms in total. The molecule has 0 aliphatic rings. The maximum Gasteiger partial charge on any atom is 0.337 e. The van der Waals surface area contributed by atoms with Crippen molar-refractivity contribution in [3.63, 3.8) is 0 Å². The van der Waals surface area contributed by atoms with Crippen molar-refractivity contribution in [2.75, 3.05) is 0 Å². The minimum absolute atomic E-state index is 0. The van der Waals surface area contributed by atoms with Crippen molar-refractivity contribution in [3.8, 4) is 6.07 Å². The van der Waals surface area contributed by atoms with Gasteiger partial charge in [0.2, 0.25) is 0 Å². The van der Waals surface area contributed by atoms with Gasteiger partial charge in [-0.3, -0.25) is 0 Å². The summed E-state index contributed by atoms with van der Waals surface area (Å²) >= 11 is 0. The van der Waals surface area contributed by atoms with Gasteiger partial charge in [0.15, 0.2) is 0 Å². The number of carboxylic acid groups (broad SMARTS) is 4. The van der Waals surface area contributed by atoms with Crippen molar-refractivity contribution in [2.45, 2.75) is 0 Å². The van der Waals surface area contributed by atoms with Crippen LogP contribution >= 0.6 is 12.4 Å². The van der Waals surface area contributed by atoms with E-state index >= 15 is 0 Å². The van der Waals surface area contributed by atoms with Crippen LogP contribution in [0, 0.1) is 11.3 Å². The molecule has 0 saturated heterocycles. The van der Waals surface area contributed by atoms with E-state index in [1.807, 2.05) is 12.1 Å². The van der Waals surface area contributed by atoms with Crippen LogP contribution in [0.3, 0.4) is 0 Å². The second-order valence-corrected chi connectivity index (χ2v) is 7.67. The lowest BCUT2D eigenvalue weighted by Crippen LogP contribution is -2.18. The quantitative estimate of drug-likeness (QED) is 0.133. The maximum atomic E-state index is 12.3. The molecule has 5 rings (SSSR count). The highest BCUT2D eigenvalue weighted by molar-refractivity contribution is 6.40. The van der Waals surface area contributed by atoms with E-state index in [4.69, 9.17) is 5.26 Å². The number of halogens is 1. The van der Waals surface area contributed by atoms with E-state index < -0.39 is 46.1 Å². The molecule has 5 aromatic carbocycles. The molecule has 0 amide bonds. The Kier molecular flexibility index (Phi) is 7.00. The van der Waals surface area contributed by atoms with Crippen LogP contribution < -0.4 is 0 Å². The van der Waals surface area contributed by atoms with E-state index in [1.54, 1.807) is 30.3 Å². The van der Waals surface area contributed by atoms with Crippen molar-refractivity contribution in [3.05, 3.63) is 83.4 Å². The van der Waals surface area contributed by atoms with Gasteiger partial charge in [-0.05, 0) is 33.0 Å². The molecular weight excluding hydrogens is 502 g/mol. The summed E-state index contributed by atoms with van der Waals surface area (Å²) in [5.41, 5.74) is -2.93. The maximum absolute atomic E-state index is 12.3. The van der Waals surface area contributed by atoms with Crippen LogP contribution in [0.15, 0.2) is 61.2 Å². The third kappa shape index (κ3) is 3.91. The highest BCUT2D eigenvalue weighted by atomic mass is 35.5. The van der Waals surface area contributed by atoms with Crippen molar-refractivity contribution < 1.29 is 39.6 Å². The van der Waals surface area contributed by atoms with Gasteiger partial charge in [-0.15, -0.1) is 12.4 Å². The number of hydrogen-bond donors (Lipinski definition) is 4. The highest BCUT2D eigenvalue weighted by Gasteiger charge is 2.33. The van der Waals surface area contributed by atoms with Crippen LogP contribution in [0.1, 0.15) is 41.4 Å². The normalized spacial score (nSPS) is 10.4. The first-order valence-corrected chi connectivity index (χ1v) is 10.3. The van der Waals surface area contributed by atoms with Gasteiger partial charge in [0.1, 0.15) is 0 Å². The molecule has 184 valence electrons. The zero-order chi connectivity index (χ0) is 26.3. The molecule has 0 radical (unpaired) electrons. The minimum Gasteiger partial charge on any atom is -0.478 e. The van der Waals surface area contributed by atoms with E-state index in [-0.39, 0.29) is 28.6 Å². The van der Waals surface area contributed by atoms with Crippen LogP contribution in [0.2, 0.25) is 0 Å². The molecule has 37 heavy (non-hydrogen) atoms. The Hall–Kier alpha value is -5.20. The fourth-order valence-corrected chi connectivity index (χ4v) is 4.71. The van der Waals surface area contributed by atoms with E-state index in [2.05, 4.69) is 6.58 Å². The lowest BCUT2D eigenvalue weighted by Gasteiger charge is -2.20. The van der Waals surface area contributed by atoms with Crippen LogP contribution in [0.4, 0.5) is 0 Å². The number of fused-ring (bicyclic) bond motifs is 2. The Morgan fingerprint density at radius 1 is 0.649 bits per heavy atom. The predicted octanol–water partition coefficient (Wildman–Crippen LogP) is 5.65. The Labute approximate surface area is 213 Å². The van der Waals surface area contributed by atoms with Gasteiger partial charge < -0.3 is 20.4 Å². The highest BCUT2D eigenvalue weighted by Crippen LogP contribution is 2.45. The monoisotopic (exact) mass is 517 g/mol. The second-order valence-electron chi connectivity index (χ2n) is 7.67. The van der Waals surface area contributed by atoms with Crippen LogP contribution in [0.5, 0.6) is 0 Å². The zero-order valence-corrected chi connectivity index (χ0v) is 19.5. The number of carboxylic acids is 4. The van der Waals surface area contributed by atoms with E-state index in [9.17, 15) is 39.6 Å². The molecule has 0 unspecified atom stereocenters. The summed E-state index contributed by atoms with van der Waals surface area (Å²) in [5, 5.41) is 49.8. The summed E-state index contributed by atoms with van der Waals surface area (Å²) in [6.45, 7) is 3.12. The minimum atomic E-state index is -1.77. The van der Waals surface area contributed by atoms with Crippen molar-refractivity contribution in [2.24, 2.45) is 0 Å². The molecule has 0 heterocycles. The first-order valence-electron chi connectivity index (χ1n) is 10.3. The average Bonchev–Trinajstić information content (AvgIpc) is 2.85. The van der Waals surface area contributed by atoms with Crippen LogP contribution in [-0.4, -0.2) is 44.3 Å². The molecule has 0 saturated carbocycles. The summed E-state index contributed by atoms with van der Waals surface area (Å²) in [7, 11) is 0. The summed E-state index contributed by atoms with van der Waals surface area (Å²) in [6, 6.07) is 14.9. The standard InChI is InChI=1S/C24H12O8.C3H3N.ClH/c25-21(26)13-8-7-11-10-5-1-3-9-4-2-6-12(14(9)10)16-15(11)17(13)19(23(29)30)20(24(31)32)18(16)22(27)28;1-2-3-4;/h1-8H,(H,25,26)(H,27,28)(H,29,30)(H,31,32);2H,1H2;1H. The van der Waals surface area contributed by atoms with Gasteiger partial charge in [-0.2, -0.15) is 5.26 Å². The molecule has 0 bridgehead atoms.